The first-order valence-corrected chi connectivity index (χ1v) is 8.04. The Kier molecular flexibility index (Phi) is 6.19. The quantitative estimate of drug-likeness (QED) is 0.635. The van der Waals surface area contributed by atoms with Crippen molar-refractivity contribution >= 4 is 28.9 Å². The van der Waals surface area contributed by atoms with E-state index in [9.17, 15) is 4.79 Å². The Bertz CT molecular complexity index is 430. The molecule has 4 heteroatoms. The first kappa shape index (κ1) is 15.2. The number of alkyl halides is 1. The number of hydrogen-bond donors (Lipinski definition) is 1. The number of amides is 1. The summed E-state index contributed by atoms with van der Waals surface area (Å²) in [7, 11) is 0. The van der Waals surface area contributed by atoms with E-state index in [1.165, 1.54) is 19.3 Å². The van der Waals surface area contributed by atoms with Crippen LogP contribution in [0.3, 0.4) is 0 Å². The molecule has 0 unspecified atom stereocenters. The predicted octanol–water partition coefficient (Wildman–Crippen LogP) is 4.02. The maximum Gasteiger partial charge on any atom is 0.224 e. The number of halogens is 1. The van der Waals surface area contributed by atoms with Crippen LogP contribution in [0.15, 0.2) is 24.3 Å². The number of anilines is 2. The maximum absolute atomic E-state index is 11.9. The normalized spacial score (nSPS) is 15.2. The maximum atomic E-state index is 11.9. The van der Waals surface area contributed by atoms with E-state index in [1.54, 1.807) is 0 Å². The summed E-state index contributed by atoms with van der Waals surface area (Å²) >= 11 is 5.63. The number of nitrogens with one attached hydrogen (secondary N) is 1. The van der Waals surface area contributed by atoms with Crippen molar-refractivity contribution in [3.63, 3.8) is 0 Å². The summed E-state index contributed by atoms with van der Waals surface area (Å²) in [6, 6.07) is 8.10. The van der Waals surface area contributed by atoms with E-state index in [4.69, 9.17) is 11.6 Å². The minimum atomic E-state index is 0.0829. The molecule has 0 aliphatic carbocycles. The van der Waals surface area contributed by atoms with E-state index in [0.29, 0.717) is 12.3 Å². The summed E-state index contributed by atoms with van der Waals surface area (Å²) in [4.78, 5) is 14.3. The highest BCUT2D eigenvalue weighted by Gasteiger charge is 2.15. The van der Waals surface area contributed by atoms with Crippen LogP contribution in [0.1, 0.15) is 38.5 Å². The number of hydrogen-bond acceptors (Lipinski definition) is 2. The van der Waals surface area contributed by atoms with Crippen LogP contribution in [-0.2, 0) is 4.79 Å². The average molecular weight is 295 g/mol. The second-order valence-electron chi connectivity index (χ2n) is 5.26. The second kappa shape index (κ2) is 8.15. The Morgan fingerprint density at radius 1 is 1.15 bits per heavy atom. The van der Waals surface area contributed by atoms with Crippen molar-refractivity contribution in [2.45, 2.75) is 38.5 Å². The fraction of sp³-hybridized carbons (Fsp3) is 0.562. The zero-order chi connectivity index (χ0) is 14.2. The molecule has 0 spiro atoms. The van der Waals surface area contributed by atoms with Gasteiger partial charge >= 0.3 is 0 Å². The Balaban J connectivity index is 1.98. The van der Waals surface area contributed by atoms with Gasteiger partial charge in [-0.05, 0) is 44.2 Å². The van der Waals surface area contributed by atoms with Crippen LogP contribution in [0.5, 0.6) is 0 Å². The highest BCUT2D eigenvalue weighted by Crippen LogP contribution is 2.28. The topological polar surface area (TPSA) is 32.3 Å². The lowest BCUT2D eigenvalue weighted by Gasteiger charge is -2.30. The minimum absolute atomic E-state index is 0.0829. The number of unbranched alkanes of at least 4 members (excludes halogenated alkanes) is 1. The fourth-order valence-corrected chi connectivity index (χ4v) is 2.77. The molecular formula is C16H23ClN2O. The Hall–Kier alpha value is -1.22. The van der Waals surface area contributed by atoms with Crippen molar-refractivity contribution in [1.82, 2.24) is 0 Å². The number of carbonyl (C=O) groups is 1. The number of nitrogens with zero attached hydrogens (tertiary/aromatic N) is 1. The van der Waals surface area contributed by atoms with Gasteiger partial charge in [0.15, 0.2) is 0 Å². The Morgan fingerprint density at radius 2 is 1.90 bits per heavy atom. The van der Waals surface area contributed by atoms with Crippen molar-refractivity contribution in [1.29, 1.82) is 0 Å². The molecule has 1 aliphatic rings. The lowest BCUT2D eigenvalue weighted by molar-refractivity contribution is -0.116. The van der Waals surface area contributed by atoms with Gasteiger partial charge in [0.2, 0.25) is 5.91 Å². The van der Waals surface area contributed by atoms with Gasteiger partial charge in [-0.1, -0.05) is 12.1 Å². The van der Waals surface area contributed by atoms with Gasteiger partial charge in [0.1, 0.15) is 0 Å². The average Bonchev–Trinajstić information content (AvgIpc) is 2.49. The lowest BCUT2D eigenvalue weighted by atomic mass is 10.1. The van der Waals surface area contributed by atoms with Crippen molar-refractivity contribution in [2.75, 3.05) is 29.2 Å². The first-order chi connectivity index (χ1) is 9.81. The molecule has 20 heavy (non-hydrogen) atoms. The summed E-state index contributed by atoms with van der Waals surface area (Å²) in [6.07, 6.45) is 6.06. The third-order valence-electron chi connectivity index (χ3n) is 3.66. The highest BCUT2D eigenvalue weighted by atomic mass is 35.5. The number of para-hydroxylation sites is 2. The van der Waals surface area contributed by atoms with E-state index in [1.807, 2.05) is 18.2 Å². The number of benzene rings is 1. The van der Waals surface area contributed by atoms with Gasteiger partial charge in [-0.2, -0.15) is 0 Å². The molecule has 0 saturated carbocycles. The van der Waals surface area contributed by atoms with E-state index >= 15 is 0 Å². The van der Waals surface area contributed by atoms with Gasteiger partial charge in [-0.15, -0.1) is 11.6 Å². The second-order valence-corrected chi connectivity index (χ2v) is 5.64. The number of rotatable bonds is 6. The molecule has 110 valence electrons. The molecule has 0 atom stereocenters. The van der Waals surface area contributed by atoms with E-state index < -0.39 is 0 Å². The Morgan fingerprint density at radius 3 is 2.65 bits per heavy atom. The fourth-order valence-electron chi connectivity index (χ4n) is 2.58. The molecule has 2 rings (SSSR count). The van der Waals surface area contributed by atoms with Crippen LogP contribution < -0.4 is 10.2 Å². The first-order valence-electron chi connectivity index (χ1n) is 7.51. The van der Waals surface area contributed by atoms with Gasteiger partial charge in [0.25, 0.3) is 0 Å². The SMILES string of the molecule is O=C(CCCCCl)Nc1ccccc1N1CCCCC1. The minimum Gasteiger partial charge on any atom is -0.370 e. The molecular weight excluding hydrogens is 272 g/mol. The smallest absolute Gasteiger partial charge is 0.224 e. The highest BCUT2D eigenvalue weighted by molar-refractivity contribution is 6.17. The van der Waals surface area contributed by atoms with Crippen LogP contribution in [0.4, 0.5) is 11.4 Å². The molecule has 1 saturated heterocycles. The van der Waals surface area contributed by atoms with Crippen molar-refractivity contribution < 1.29 is 4.79 Å². The van der Waals surface area contributed by atoms with E-state index in [0.717, 1.165) is 37.3 Å². The van der Waals surface area contributed by atoms with Gasteiger partial charge in [-0.3, -0.25) is 4.79 Å². The third kappa shape index (κ3) is 4.41. The van der Waals surface area contributed by atoms with Crippen molar-refractivity contribution in [2.24, 2.45) is 0 Å². The van der Waals surface area contributed by atoms with Crippen LogP contribution in [0, 0.1) is 0 Å². The van der Waals surface area contributed by atoms with E-state index in [-0.39, 0.29) is 5.91 Å². The molecule has 0 aromatic heterocycles. The van der Waals surface area contributed by atoms with Crippen LogP contribution in [-0.4, -0.2) is 24.9 Å². The van der Waals surface area contributed by atoms with Crippen LogP contribution in [0.2, 0.25) is 0 Å². The van der Waals surface area contributed by atoms with Gasteiger partial charge in [-0.25, -0.2) is 0 Å². The molecule has 1 aliphatic heterocycles. The number of piperidine rings is 1. The van der Waals surface area contributed by atoms with E-state index in [2.05, 4.69) is 16.3 Å². The molecule has 1 aromatic carbocycles. The van der Waals surface area contributed by atoms with Crippen molar-refractivity contribution in [3.05, 3.63) is 24.3 Å². The summed E-state index contributed by atoms with van der Waals surface area (Å²) < 4.78 is 0. The molecule has 1 aromatic rings. The molecule has 3 nitrogen and oxygen atoms in total. The van der Waals surface area contributed by atoms with Crippen LogP contribution >= 0.6 is 11.6 Å². The summed E-state index contributed by atoms with van der Waals surface area (Å²) in [6.45, 7) is 2.16. The summed E-state index contributed by atoms with van der Waals surface area (Å²) in [5.41, 5.74) is 2.09. The number of carbonyl (C=O) groups excluding carboxylic acids is 1. The molecule has 1 amide bonds. The molecule has 1 fully saturated rings. The molecule has 1 N–H and O–H groups in total. The molecule has 0 radical (unpaired) electrons. The van der Waals surface area contributed by atoms with Crippen LogP contribution in [0.25, 0.3) is 0 Å². The Labute approximate surface area is 126 Å². The third-order valence-corrected chi connectivity index (χ3v) is 3.93. The van der Waals surface area contributed by atoms with Gasteiger partial charge in [0, 0.05) is 25.4 Å². The van der Waals surface area contributed by atoms with Gasteiger partial charge < -0.3 is 10.2 Å². The van der Waals surface area contributed by atoms with Gasteiger partial charge in [0.05, 0.1) is 11.4 Å². The zero-order valence-electron chi connectivity index (χ0n) is 11.9. The molecule has 0 bridgehead atoms. The monoisotopic (exact) mass is 294 g/mol. The largest absolute Gasteiger partial charge is 0.370 e. The summed E-state index contributed by atoms with van der Waals surface area (Å²) in [5, 5.41) is 3.04. The van der Waals surface area contributed by atoms with Crippen molar-refractivity contribution in [3.8, 4) is 0 Å². The predicted molar refractivity (Wildman–Crippen MR) is 85.7 cm³/mol. The molecule has 1 heterocycles. The standard InChI is InChI=1S/C16H23ClN2O/c17-11-5-4-10-16(20)18-14-8-2-3-9-15(14)19-12-6-1-7-13-19/h2-3,8-9H,1,4-7,10-13H2,(H,18,20). The summed E-state index contributed by atoms with van der Waals surface area (Å²) in [5.74, 6) is 0.706. The zero-order valence-corrected chi connectivity index (χ0v) is 12.7. The lowest BCUT2D eigenvalue weighted by Crippen LogP contribution is -2.30.